The number of anilines is 1. The van der Waals surface area contributed by atoms with Crippen LogP contribution in [0.25, 0.3) is 0 Å². The number of halogens is 1. The van der Waals surface area contributed by atoms with E-state index in [1.807, 2.05) is 0 Å². The van der Waals surface area contributed by atoms with Crippen LogP contribution in [0, 0.1) is 10.1 Å². The van der Waals surface area contributed by atoms with E-state index < -0.39 is 14.9 Å². The second-order valence-electron chi connectivity index (χ2n) is 4.20. The Balaban J connectivity index is 2.39. The Morgan fingerprint density at radius 1 is 1.14 bits per heavy atom. The maximum Gasteiger partial charge on any atom is 0.269 e. The van der Waals surface area contributed by atoms with E-state index in [-0.39, 0.29) is 10.6 Å². The first-order chi connectivity index (χ1) is 9.82. The number of sulfonamides is 1. The fourth-order valence-electron chi connectivity index (χ4n) is 1.71. The molecule has 6 nitrogen and oxygen atoms in total. The fourth-order valence-corrected chi connectivity index (χ4v) is 3.28. The smallest absolute Gasteiger partial charge is 0.269 e. The predicted molar refractivity (Wildman–Crippen MR) is 82.8 cm³/mol. The second-order valence-corrected chi connectivity index (χ2v) is 7.09. The van der Waals surface area contributed by atoms with Gasteiger partial charge in [0.15, 0.2) is 0 Å². The van der Waals surface area contributed by atoms with Gasteiger partial charge in [-0.1, -0.05) is 22.0 Å². The van der Waals surface area contributed by atoms with Crippen molar-refractivity contribution in [2.75, 3.05) is 11.4 Å². The van der Waals surface area contributed by atoms with E-state index in [1.54, 1.807) is 24.3 Å². The van der Waals surface area contributed by atoms with Crippen LogP contribution in [0.15, 0.2) is 57.9 Å². The van der Waals surface area contributed by atoms with Gasteiger partial charge in [-0.3, -0.25) is 14.4 Å². The van der Waals surface area contributed by atoms with Crippen LogP contribution >= 0.6 is 15.9 Å². The maximum absolute atomic E-state index is 12.5. The van der Waals surface area contributed by atoms with Crippen molar-refractivity contribution in [1.82, 2.24) is 0 Å². The van der Waals surface area contributed by atoms with E-state index in [0.29, 0.717) is 5.69 Å². The molecule has 2 aromatic carbocycles. The van der Waals surface area contributed by atoms with Crippen molar-refractivity contribution in [3.05, 3.63) is 63.1 Å². The highest BCUT2D eigenvalue weighted by Gasteiger charge is 2.22. The van der Waals surface area contributed by atoms with Gasteiger partial charge >= 0.3 is 0 Å². The van der Waals surface area contributed by atoms with E-state index in [1.165, 1.54) is 31.3 Å². The molecule has 2 aromatic rings. The molecule has 0 aliphatic rings. The van der Waals surface area contributed by atoms with Gasteiger partial charge < -0.3 is 0 Å². The second kappa shape index (κ2) is 5.82. The molecule has 0 unspecified atom stereocenters. The molecule has 0 amide bonds. The van der Waals surface area contributed by atoms with Gasteiger partial charge in [0.2, 0.25) is 0 Å². The number of nitrogens with zero attached hydrogens (tertiary/aromatic N) is 2. The molecule has 0 spiro atoms. The van der Waals surface area contributed by atoms with E-state index in [0.717, 1.165) is 8.78 Å². The summed E-state index contributed by atoms with van der Waals surface area (Å²) in [4.78, 5) is 10.0. The summed E-state index contributed by atoms with van der Waals surface area (Å²) in [6.45, 7) is 0. The summed E-state index contributed by atoms with van der Waals surface area (Å²) in [6.07, 6.45) is 0. The third-order valence-electron chi connectivity index (χ3n) is 2.88. The summed E-state index contributed by atoms with van der Waals surface area (Å²) in [7, 11) is -2.33. The standard InChI is InChI=1S/C13H11BrN2O4S/c1-15(12-4-2-3-10(14)9-12)21(19,20)13-7-5-11(6-8-13)16(17)18/h2-9H,1H3. The molecule has 0 bridgehead atoms. The molecule has 0 heterocycles. The summed E-state index contributed by atoms with van der Waals surface area (Å²) in [5, 5.41) is 10.6. The minimum Gasteiger partial charge on any atom is -0.269 e. The molecule has 21 heavy (non-hydrogen) atoms. The van der Waals surface area contributed by atoms with Crippen molar-refractivity contribution in [3.63, 3.8) is 0 Å². The van der Waals surface area contributed by atoms with E-state index in [2.05, 4.69) is 15.9 Å². The lowest BCUT2D eigenvalue weighted by Crippen LogP contribution is -2.26. The Morgan fingerprint density at radius 3 is 2.29 bits per heavy atom. The van der Waals surface area contributed by atoms with Gasteiger partial charge in [-0.2, -0.15) is 0 Å². The Hall–Kier alpha value is -1.93. The number of nitro benzene ring substituents is 1. The van der Waals surface area contributed by atoms with Crippen LogP contribution in [0.3, 0.4) is 0 Å². The molecular formula is C13H11BrN2O4S. The molecule has 110 valence electrons. The summed E-state index contributed by atoms with van der Waals surface area (Å²) in [5.74, 6) is 0. The lowest BCUT2D eigenvalue weighted by molar-refractivity contribution is -0.384. The average molecular weight is 371 g/mol. The summed E-state index contributed by atoms with van der Waals surface area (Å²) < 4.78 is 26.8. The molecule has 0 fully saturated rings. The molecule has 0 radical (unpaired) electrons. The Labute approximate surface area is 130 Å². The molecule has 0 N–H and O–H groups in total. The van der Waals surface area contributed by atoms with Gasteiger partial charge in [0.25, 0.3) is 15.7 Å². The van der Waals surface area contributed by atoms with Crippen molar-refractivity contribution < 1.29 is 13.3 Å². The zero-order valence-corrected chi connectivity index (χ0v) is 13.3. The van der Waals surface area contributed by atoms with Crippen LogP contribution in [0.5, 0.6) is 0 Å². The quantitative estimate of drug-likeness (QED) is 0.611. The van der Waals surface area contributed by atoms with Crippen LogP contribution < -0.4 is 4.31 Å². The molecule has 0 aliphatic heterocycles. The Kier molecular flexibility index (Phi) is 4.29. The molecule has 0 saturated carbocycles. The lowest BCUT2D eigenvalue weighted by atomic mass is 10.3. The van der Waals surface area contributed by atoms with Crippen molar-refractivity contribution in [3.8, 4) is 0 Å². The van der Waals surface area contributed by atoms with Crippen LogP contribution in [0.4, 0.5) is 11.4 Å². The topological polar surface area (TPSA) is 80.5 Å². The zero-order chi connectivity index (χ0) is 15.6. The van der Waals surface area contributed by atoms with Crippen LogP contribution in [0.2, 0.25) is 0 Å². The Morgan fingerprint density at radius 2 is 1.76 bits per heavy atom. The van der Waals surface area contributed by atoms with E-state index in [4.69, 9.17) is 0 Å². The highest BCUT2D eigenvalue weighted by atomic mass is 79.9. The third kappa shape index (κ3) is 3.22. The number of rotatable bonds is 4. The molecule has 0 saturated heterocycles. The highest BCUT2D eigenvalue weighted by Crippen LogP contribution is 2.25. The number of nitro groups is 1. The van der Waals surface area contributed by atoms with Gasteiger partial charge in [0.1, 0.15) is 0 Å². The van der Waals surface area contributed by atoms with Gasteiger partial charge in [0, 0.05) is 23.7 Å². The van der Waals surface area contributed by atoms with Crippen molar-refractivity contribution >= 4 is 37.3 Å². The van der Waals surface area contributed by atoms with E-state index >= 15 is 0 Å². The van der Waals surface area contributed by atoms with Crippen LogP contribution in [-0.4, -0.2) is 20.4 Å². The molecule has 0 atom stereocenters. The minimum atomic E-state index is -3.76. The first kappa shape index (κ1) is 15.5. The SMILES string of the molecule is CN(c1cccc(Br)c1)S(=O)(=O)c1ccc([N+](=O)[O-])cc1. The van der Waals surface area contributed by atoms with Crippen molar-refractivity contribution in [2.24, 2.45) is 0 Å². The molecule has 2 rings (SSSR count). The van der Waals surface area contributed by atoms with Crippen molar-refractivity contribution in [1.29, 1.82) is 0 Å². The Bertz CT molecular complexity index is 775. The molecule has 0 aromatic heterocycles. The zero-order valence-electron chi connectivity index (χ0n) is 10.9. The largest absolute Gasteiger partial charge is 0.269 e. The number of non-ortho nitro benzene ring substituents is 1. The monoisotopic (exact) mass is 370 g/mol. The first-order valence-corrected chi connectivity index (χ1v) is 8.04. The number of hydrogen-bond donors (Lipinski definition) is 0. The first-order valence-electron chi connectivity index (χ1n) is 5.81. The summed E-state index contributed by atoms with van der Waals surface area (Å²) in [6, 6.07) is 11.6. The minimum absolute atomic E-state index is 0.00410. The normalized spacial score (nSPS) is 11.1. The van der Waals surface area contributed by atoms with Gasteiger partial charge in [0.05, 0.1) is 15.5 Å². The lowest BCUT2D eigenvalue weighted by Gasteiger charge is -2.19. The fraction of sp³-hybridized carbons (Fsp3) is 0.0769. The molecule has 8 heteroatoms. The van der Waals surface area contributed by atoms with Crippen LogP contribution in [-0.2, 0) is 10.0 Å². The number of benzene rings is 2. The molecular weight excluding hydrogens is 360 g/mol. The van der Waals surface area contributed by atoms with E-state index in [9.17, 15) is 18.5 Å². The maximum atomic E-state index is 12.5. The van der Waals surface area contributed by atoms with Crippen LogP contribution in [0.1, 0.15) is 0 Å². The van der Waals surface area contributed by atoms with Crippen molar-refractivity contribution in [2.45, 2.75) is 4.90 Å². The molecule has 0 aliphatic carbocycles. The van der Waals surface area contributed by atoms with Gasteiger partial charge in [-0.05, 0) is 30.3 Å². The van der Waals surface area contributed by atoms with Gasteiger partial charge in [-0.25, -0.2) is 8.42 Å². The summed E-state index contributed by atoms with van der Waals surface area (Å²) in [5.41, 5.74) is 0.335. The number of hydrogen-bond acceptors (Lipinski definition) is 4. The highest BCUT2D eigenvalue weighted by molar-refractivity contribution is 9.10. The van der Waals surface area contributed by atoms with Gasteiger partial charge in [-0.15, -0.1) is 0 Å². The summed E-state index contributed by atoms with van der Waals surface area (Å²) >= 11 is 3.28. The third-order valence-corrected chi connectivity index (χ3v) is 5.17. The average Bonchev–Trinajstić information content (AvgIpc) is 2.46. The predicted octanol–water partition coefficient (Wildman–Crippen LogP) is 3.18.